The van der Waals surface area contributed by atoms with E-state index in [0.717, 1.165) is 4.90 Å². The molecule has 0 saturated carbocycles. The number of rotatable bonds is 5. The van der Waals surface area contributed by atoms with E-state index < -0.39 is 30.0 Å². The van der Waals surface area contributed by atoms with Gasteiger partial charge in [0, 0.05) is 18.8 Å². The summed E-state index contributed by atoms with van der Waals surface area (Å²) in [6, 6.07) is -0.508. The minimum atomic E-state index is -1.13. The Morgan fingerprint density at radius 1 is 1.24 bits per heavy atom. The van der Waals surface area contributed by atoms with Gasteiger partial charge in [0.05, 0.1) is 12.2 Å². The van der Waals surface area contributed by atoms with Gasteiger partial charge in [0.25, 0.3) is 5.91 Å². The van der Waals surface area contributed by atoms with Gasteiger partial charge in [0.1, 0.15) is 5.69 Å². The van der Waals surface area contributed by atoms with E-state index in [9.17, 15) is 19.2 Å². The summed E-state index contributed by atoms with van der Waals surface area (Å²) >= 11 is 0. The van der Waals surface area contributed by atoms with Crippen molar-refractivity contribution in [2.75, 3.05) is 19.7 Å². The lowest BCUT2D eigenvalue weighted by atomic mass is 10.1. The van der Waals surface area contributed by atoms with Gasteiger partial charge in [0.2, 0.25) is 0 Å². The van der Waals surface area contributed by atoms with Crippen molar-refractivity contribution < 1.29 is 28.7 Å². The molecule has 9 heteroatoms. The number of hydrogen-bond donors (Lipinski definition) is 2. The Labute approximate surface area is 144 Å². The second-order valence-corrected chi connectivity index (χ2v) is 5.61. The van der Waals surface area contributed by atoms with Crippen LogP contribution in [0, 0.1) is 13.8 Å². The third-order valence-electron chi connectivity index (χ3n) is 3.88. The number of urea groups is 1. The maximum Gasteiger partial charge on any atom is 0.355 e. The molecule has 1 aromatic heterocycles. The number of amides is 3. The molecule has 0 bridgehead atoms. The summed E-state index contributed by atoms with van der Waals surface area (Å²) in [5.41, 5.74) is 1.17. The number of nitrogens with one attached hydrogen (secondary N) is 2. The summed E-state index contributed by atoms with van der Waals surface area (Å²) in [5.74, 6) is -1.91. The van der Waals surface area contributed by atoms with Gasteiger partial charge >= 0.3 is 18.0 Å². The summed E-state index contributed by atoms with van der Waals surface area (Å²) in [4.78, 5) is 51.8. The van der Waals surface area contributed by atoms with E-state index in [1.807, 2.05) is 0 Å². The Balaban J connectivity index is 2.14. The normalized spacial score (nSPS) is 14.9. The number of aromatic amines is 1. The fourth-order valence-electron chi connectivity index (χ4n) is 2.63. The average molecular weight is 351 g/mol. The molecule has 0 aliphatic carbocycles. The number of aromatic nitrogens is 1. The number of imide groups is 1. The summed E-state index contributed by atoms with van der Waals surface area (Å²) in [6.45, 7) is 7.09. The average Bonchev–Trinajstić information content (AvgIpc) is 3.09. The van der Waals surface area contributed by atoms with Crippen molar-refractivity contribution in [3.63, 3.8) is 0 Å². The van der Waals surface area contributed by atoms with Crippen molar-refractivity contribution in [2.45, 2.75) is 33.8 Å². The summed E-state index contributed by atoms with van der Waals surface area (Å²) in [6.07, 6.45) is -1.13. The second-order valence-electron chi connectivity index (χ2n) is 5.61. The van der Waals surface area contributed by atoms with Crippen LogP contribution in [0.3, 0.4) is 0 Å². The van der Waals surface area contributed by atoms with Crippen LogP contribution >= 0.6 is 0 Å². The minimum Gasteiger partial charge on any atom is -0.461 e. The van der Waals surface area contributed by atoms with Crippen molar-refractivity contribution in [3.8, 4) is 0 Å². The number of carbonyl (C=O) groups is 4. The van der Waals surface area contributed by atoms with Crippen molar-refractivity contribution >= 4 is 23.9 Å². The highest BCUT2D eigenvalue weighted by Crippen LogP contribution is 2.20. The van der Waals surface area contributed by atoms with Gasteiger partial charge < -0.3 is 19.8 Å². The molecule has 1 atom stereocenters. The molecule has 1 aliphatic heterocycles. The third-order valence-corrected chi connectivity index (χ3v) is 3.88. The Morgan fingerprint density at radius 3 is 2.48 bits per heavy atom. The molecule has 3 amide bonds. The number of esters is 2. The van der Waals surface area contributed by atoms with Crippen molar-refractivity contribution in [1.82, 2.24) is 15.2 Å². The lowest BCUT2D eigenvalue weighted by molar-refractivity contribution is -0.136. The lowest BCUT2D eigenvalue weighted by Gasteiger charge is -2.18. The number of hydrogen-bond acceptors (Lipinski definition) is 6. The van der Waals surface area contributed by atoms with E-state index in [2.05, 4.69) is 10.3 Å². The van der Waals surface area contributed by atoms with Crippen LogP contribution in [0.2, 0.25) is 0 Å². The molecule has 2 rings (SSSR count). The zero-order valence-electron chi connectivity index (χ0n) is 14.6. The van der Waals surface area contributed by atoms with E-state index in [1.54, 1.807) is 20.8 Å². The zero-order valence-corrected chi connectivity index (χ0v) is 14.6. The molecule has 1 aromatic rings. The Bertz CT molecular complexity index is 724. The lowest BCUT2D eigenvalue weighted by Crippen LogP contribution is -2.41. The molecule has 25 heavy (non-hydrogen) atoms. The van der Waals surface area contributed by atoms with Crippen LogP contribution in [0.1, 0.15) is 46.0 Å². The molecular formula is C16H21N3O6. The van der Waals surface area contributed by atoms with Crippen LogP contribution < -0.4 is 5.32 Å². The van der Waals surface area contributed by atoms with Gasteiger partial charge in [-0.2, -0.15) is 0 Å². The maximum absolute atomic E-state index is 12.4. The first kappa shape index (κ1) is 18.5. The second kappa shape index (κ2) is 7.37. The molecule has 136 valence electrons. The zero-order chi connectivity index (χ0) is 18.7. The monoisotopic (exact) mass is 351 g/mol. The standard InChI is InChI=1S/C16H21N3O6/c1-5-24-15(22)12-8(2)11(9(3)18-12)14(21)25-10(4)13(20)19-7-6-17-16(19)23/h10,18H,5-7H2,1-4H3,(H,17,23). The highest BCUT2D eigenvalue weighted by molar-refractivity contribution is 6.01. The number of nitrogens with zero attached hydrogens (tertiary/aromatic N) is 1. The topological polar surface area (TPSA) is 118 Å². The molecule has 2 N–H and O–H groups in total. The van der Waals surface area contributed by atoms with Gasteiger partial charge in [-0.1, -0.05) is 0 Å². The number of ether oxygens (including phenoxy) is 2. The van der Waals surface area contributed by atoms with Crippen LogP contribution in [0.4, 0.5) is 4.79 Å². The highest BCUT2D eigenvalue weighted by atomic mass is 16.5. The van der Waals surface area contributed by atoms with E-state index in [-0.39, 0.29) is 24.4 Å². The quantitative estimate of drug-likeness (QED) is 0.761. The molecule has 0 aromatic carbocycles. The first-order valence-electron chi connectivity index (χ1n) is 7.94. The van der Waals surface area contributed by atoms with Gasteiger partial charge in [-0.25, -0.2) is 14.4 Å². The molecule has 1 saturated heterocycles. The first-order chi connectivity index (χ1) is 11.8. The van der Waals surface area contributed by atoms with Gasteiger partial charge in [-0.05, 0) is 33.3 Å². The van der Waals surface area contributed by atoms with Crippen molar-refractivity contribution in [1.29, 1.82) is 0 Å². The minimum absolute atomic E-state index is 0.171. The molecule has 1 fully saturated rings. The van der Waals surface area contributed by atoms with Crippen LogP contribution in [0.5, 0.6) is 0 Å². The van der Waals surface area contributed by atoms with Crippen LogP contribution in [-0.2, 0) is 14.3 Å². The number of carbonyl (C=O) groups excluding carboxylic acids is 4. The molecule has 1 unspecified atom stereocenters. The summed E-state index contributed by atoms with van der Waals surface area (Å²) < 4.78 is 10.1. The Hall–Kier alpha value is -2.84. The Morgan fingerprint density at radius 2 is 1.92 bits per heavy atom. The van der Waals surface area contributed by atoms with E-state index in [0.29, 0.717) is 17.8 Å². The molecule has 9 nitrogen and oxygen atoms in total. The predicted octanol–water partition coefficient (Wildman–Crippen LogP) is 0.905. The fourth-order valence-corrected chi connectivity index (χ4v) is 2.63. The largest absolute Gasteiger partial charge is 0.461 e. The SMILES string of the molecule is CCOC(=O)c1[nH]c(C)c(C(=O)OC(C)C(=O)N2CCNC2=O)c1C. The Kier molecular flexibility index (Phi) is 5.45. The van der Waals surface area contributed by atoms with E-state index in [1.165, 1.54) is 6.92 Å². The molecule has 2 heterocycles. The molecular weight excluding hydrogens is 330 g/mol. The van der Waals surface area contributed by atoms with Crippen molar-refractivity contribution in [3.05, 3.63) is 22.5 Å². The third kappa shape index (κ3) is 3.65. The van der Waals surface area contributed by atoms with Gasteiger partial charge in [-0.15, -0.1) is 0 Å². The van der Waals surface area contributed by atoms with Crippen LogP contribution in [0.15, 0.2) is 0 Å². The van der Waals surface area contributed by atoms with Gasteiger partial charge in [-0.3, -0.25) is 9.69 Å². The summed E-state index contributed by atoms with van der Waals surface area (Å²) in [5, 5.41) is 2.51. The van der Waals surface area contributed by atoms with E-state index >= 15 is 0 Å². The smallest absolute Gasteiger partial charge is 0.355 e. The highest BCUT2D eigenvalue weighted by Gasteiger charge is 2.33. The molecule has 1 aliphatic rings. The molecule has 0 radical (unpaired) electrons. The number of H-pyrrole nitrogens is 1. The van der Waals surface area contributed by atoms with Crippen LogP contribution in [0.25, 0.3) is 0 Å². The predicted molar refractivity (Wildman–Crippen MR) is 86.2 cm³/mol. The summed E-state index contributed by atoms with van der Waals surface area (Å²) in [7, 11) is 0. The van der Waals surface area contributed by atoms with Crippen molar-refractivity contribution in [2.24, 2.45) is 0 Å². The maximum atomic E-state index is 12.4. The van der Waals surface area contributed by atoms with E-state index in [4.69, 9.17) is 9.47 Å². The number of aryl methyl sites for hydroxylation is 1. The fraction of sp³-hybridized carbons (Fsp3) is 0.500. The van der Waals surface area contributed by atoms with Crippen LogP contribution in [-0.4, -0.2) is 59.6 Å². The van der Waals surface area contributed by atoms with Gasteiger partial charge in [0.15, 0.2) is 6.10 Å². The molecule has 0 spiro atoms. The first-order valence-corrected chi connectivity index (χ1v) is 7.94.